The number of aliphatic imine (C=N–C) groups is 1. The van der Waals surface area contributed by atoms with Gasteiger partial charge in [0.15, 0.2) is 5.96 Å². The molecule has 1 atom stereocenters. The second-order valence-electron chi connectivity index (χ2n) is 9.06. The number of guanidine groups is 1. The zero-order chi connectivity index (χ0) is 20.7. The molecule has 1 aliphatic carbocycles. The molecule has 1 saturated heterocycles. The Bertz CT molecular complexity index is 662. The van der Waals surface area contributed by atoms with E-state index in [0.717, 1.165) is 24.6 Å². The molecule has 2 heterocycles. The molecule has 0 radical (unpaired) electrons. The van der Waals surface area contributed by atoms with Crippen LogP contribution in [-0.2, 0) is 12.6 Å². The molecule has 3 rings (SSSR count). The van der Waals surface area contributed by atoms with Crippen molar-refractivity contribution in [3.8, 4) is 0 Å². The van der Waals surface area contributed by atoms with Crippen LogP contribution in [0.4, 0.5) is 0 Å². The summed E-state index contributed by atoms with van der Waals surface area (Å²) >= 11 is 0. The van der Waals surface area contributed by atoms with Gasteiger partial charge in [0.25, 0.3) is 0 Å². The minimum Gasteiger partial charge on any atom is -0.383 e. The normalized spacial score (nSPS) is 22.1. The second kappa shape index (κ2) is 11.7. The van der Waals surface area contributed by atoms with E-state index in [1.54, 1.807) is 17.8 Å². The second-order valence-corrected chi connectivity index (χ2v) is 9.06. The number of hydrogen-bond acceptors (Lipinski definition) is 4. The molecule has 1 saturated carbocycles. The molecule has 30 heavy (non-hydrogen) atoms. The van der Waals surface area contributed by atoms with Gasteiger partial charge < -0.3 is 15.7 Å². The van der Waals surface area contributed by atoms with Crippen molar-refractivity contribution in [1.82, 2.24) is 25.3 Å². The van der Waals surface area contributed by atoms with E-state index in [4.69, 9.17) is 4.99 Å². The molecule has 0 bridgehead atoms. The Hall–Kier alpha value is -0.870. The summed E-state index contributed by atoms with van der Waals surface area (Å²) in [6.45, 7) is 8.36. The van der Waals surface area contributed by atoms with Crippen LogP contribution < -0.4 is 10.6 Å². The molecule has 0 amide bonds. The van der Waals surface area contributed by atoms with Crippen molar-refractivity contribution in [2.24, 2.45) is 12.0 Å². The van der Waals surface area contributed by atoms with Gasteiger partial charge in [-0.3, -0.25) is 9.58 Å². The van der Waals surface area contributed by atoms with E-state index in [-0.39, 0.29) is 29.5 Å². The quantitative estimate of drug-likeness (QED) is 0.286. The van der Waals surface area contributed by atoms with E-state index in [1.807, 2.05) is 13.2 Å². The van der Waals surface area contributed by atoms with Gasteiger partial charge in [-0.15, -0.1) is 24.0 Å². The van der Waals surface area contributed by atoms with Crippen molar-refractivity contribution in [3.63, 3.8) is 0 Å². The zero-order valence-electron chi connectivity index (χ0n) is 19.0. The lowest BCUT2D eigenvalue weighted by Gasteiger charge is -2.48. The van der Waals surface area contributed by atoms with E-state index in [0.29, 0.717) is 6.54 Å². The van der Waals surface area contributed by atoms with Gasteiger partial charge in [0.2, 0.25) is 0 Å². The standard InChI is InChI=1S/C22H40N6O.HI/c1-4-23-20(24-17-21(2,29)19-15-26-27(3)16-19)25-18-22(11-7-5-8-12-22)28-13-9-6-10-14-28;/h15-16,29H,4-14,17-18H2,1-3H3,(H2,23,24,25);1H. The summed E-state index contributed by atoms with van der Waals surface area (Å²) in [5.74, 6) is 0.790. The molecule has 2 aliphatic rings. The van der Waals surface area contributed by atoms with Crippen LogP contribution in [0.3, 0.4) is 0 Å². The molecular formula is C22H41IN6O. The number of likely N-dealkylation sites (tertiary alicyclic amines) is 1. The third kappa shape index (κ3) is 6.56. The highest BCUT2D eigenvalue weighted by molar-refractivity contribution is 14.0. The first-order valence-corrected chi connectivity index (χ1v) is 11.4. The lowest BCUT2D eigenvalue weighted by atomic mass is 9.79. The molecule has 1 aliphatic heterocycles. The molecule has 3 N–H and O–H groups in total. The van der Waals surface area contributed by atoms with Crippen molar-refractivity contribution in [2.75, 3.05) is 32.7 Å². The van der Waals surface area contributed by atoms with Crippen molar-refractivity contribution in [2.45, 2.75) is 76.4 Å². The number of nitrogens with one attached hydrogen (secondary N) is 2. The zero-order valence-corrected chi connectivity index (χ0v) is 21.3. The SMILES string of the molecule is CCNC(=NCC(C)(O)c1cnn(C)c1)NCC1(N2CCCCC2)CCCCC1.I. The average molecular weight is 533 g/mol. The lowest BCUT2D eigenvalue weighted by Crippen LogP contribution is -2.59. The van der Waals surface area contributed by atoms with Gasteiger partial charge >= 0.3 is 0 Å². The highest BCUT2D eigenvalue weighted by Gasteiger charge is 2.38. The van der Waals surface area contributed by atoms with Gasteiger partial charge in [0.1, 0.15) is 5.60 Å². The van der Waals surface area contributed by atoms with Gasteiger partial charge in [-0.05, 0) is 52.6 Å². The number of aliphatic hydroxyl groups is 1. The van der Waals surface area contributed by atoms with Gasteiger partial charge in [0, 0.05) is 37.4 Å². The topological polar surface area (TPSA) is 77.7 Å². The average Bonchev–Trinajstić information content (AvgIpc) is 3.19. The molecule has 1 aromatic heterocycles. The van der Waals surface area contributed by atoms with Crippen LogP contribution in [0.2, 0.25) is 0 Å². The summed E-state index contributed by atoms with van der Waals surface area (Å²) in [6.07, 6.45) is 14.1. The lowest BCUT2D eigenvalue weighted by molar-refractivity contribution is 0.0367. The maximum Gasteiger partial charge on any atom is 0.191 e. The van der Waals surface area contributed by atoms with E-state index >= 15 is 0 Å². The predicted molar refractivity (Wildman–Crippen MR) is 133 cm³/mol. The van der Waals surface area contributed by atoms with Gasteiger partial charge in [0.05, 0.1) is 12.7 Å². The minimum absolute atomic E-state index is 0. The van der Waals surface area contributed by atoms with Crippen molar-refractivity contribution < 1.29 is 5.11 Å². The Labute approximate surface area is 199 Å². The Morgan fingerprint density at radius 2 is 1.83 bits per heavy atom. The molecule has 8 heteroatoms. The van der Waals surface area contributed by atoms with Gasteiger partial charge in [-0.2, -0.15) is 5.10 Å². The van der Waals surface area contributed by atoms with E-state index in [9.17, 15) is 5.11 Å². The van der Waals surface area contributed by atoms with Crippen molar-refractivity contribution >= 4 is 29.9 Å². The number of rotatable bonds is 7. The van der Waals surface area contributed by atoms with Crippen molar-refractivity contribution in [3.05, 3.63) is 18.0 Å². The van der Waals surface area contributed by atoms with Gasteiger partial charge in [-0.1, -0.05) is 25.7 Å². The maximum atomic E-state index is 10.9. The number of piperidine rings is 1. The maximum absolute atomic E-state index is 10.9. The first-order chi connectivity index (χ1) is 14.0. The van der Waals surface area contributed by atoms with Crippen LogP contribution in [0.1, 0.15) is 70.8 Å². The number of aryl methyl sites for hydroxylation is 1. The smallest absolute Gasteiger partial charge is 0.191 e. The Morgan fingerprint density at radius 1 is 1.17 bits per heavy atom. The largest absolute Gasteiger partial charge is 0.383 e. The number of aromatic nitrogens is 2. The molecule has 172 valence electrons. The summed E-state index contributed by atoms with van der Waals surface area (Å²) in [5, 5.41) is 22.0. The highest BCUT2D eigenvalue weighted by Crippen LogP contribution is 2.35. The summed E-state index contributed by atoms with van der Waals surface area (Å²) in [7, 11) is 1.86. The molecule has 0 spiro atoms. The highest BCUT2D eigenvalue weighted by atomic mass is 127. The van der Waals surface area contributed by atoms with E-state index in [2.05, 4.69) is 27.6 Å². The van der Waals surface area contributed by atoms with Crippen LogP contribution in [0.15, 0.2) is 17.4 Å². The summed E-state index contributed by atoms with van der Waals surface area (Å²) < 4.78 is 1.71. The Morgan fingerprint density at radius 3 is 2.43 bits per heavy atom. The number of halogens is 1. The molecule has 0 aromatic carbocycles. The summed E-state index contributed by atoms with van der Waals surface area (Å²) in [4.78, 5) is 7.47. The fourth-order valence-corrected chi connectivity index (χ4v) is 4.80. The van der Waals surface area contributed by atoms with Crippen LogP contribution in [-0.4, -0.2) is 64.0 Å². The third-order valence-electron chi connectivity index (χ3n) is 6.61. The fraction of sp³-hybridized carbons (Fsp3) is 0.818. The summed E-state index contributed by atoms with van der Waals surface area (Å²) in [6, 6.07) is 0. The van der Waals surface area contributed by atoms with E-state index < -0.39 is 5.60 Å². The first kappa shape index (κ1) is 25.4. The molecule has 7 nitrogen and oxygen atoms in total. The number of hydrogen-bond donors (Lipinski definition) is 3. The van der Waals surface area contributed by atoms with Gasteiger partial charge in [-0.25, -0.2) is 4.99 Å². The minimum atomic E-state index is -1.04. The van der Waals surface area contributed by atoms with E-state index in [1.165, 1.54) is 64.5 Å². The summed E-state index contributed by atoms with van der Waals surface area (Å²) in [5.41, 5.74) is 0.00360. The van der Waals surface area contributed by atoms with Crippen molar-refractivity contribution in [1.29, 1.82) is 0 Å². The predicted octanol–water partition coefficient (Wildman–Crippen LogP) is 2.99. The third-order valence-corrected chi connectivity index (χ3v) is 6.61. The molecule has 1 aromatic rings. The monoisotopic (exact) mass is 532 g/mol. The molecular weight excluding hydrogens is 491 g/mol. The fourth-order valence-electron chi connectivity index (χ4n) is 4.80. The van der Waals surface area contributed by atoms with Crippen LogP contribution >= 0.6 is 24.0 Å². The van der Waals surface area contributed by atoms with Crippen LogP contribution in [0.5, 0.6) is 0 Å². The van der Waals surface area contributed by atoms with Crippen LogP contribution in [0, 0.1) is 0 Å². The first-order valence-electron chi connectivity index (χ1n) is 11.4. The molecule has 2 fully saturated rings. The Kier molecular flexibility index (Phi) is 9.87. The Balaban J connectivity index is 0.00000320. The number of nitrogens with zero attached hydrogens (tertiary/aromatic N) is 4. The van der Waals surface area contributed by atoms with Crippen LogP contribution in [0.25, 0.3) is 0 Å². The molecule has 1 unspecified atom stereocenters.